The summed E-state index contributed by atoms with van der Waals surface area (Å²) in [4.78, 5) is 0. The van der Waals surface area contributed by atoms with Gasteiger partial charge >= 0.3 is 0 Å². The number of hydrogen-bond acceptors (Lipinski definition) is 1. The lowest BCUT2D eigenvalue weighted by atomic mass is 9.76. The van der Waals surface area contributed by atoms with Crippen LogP contribution >= 0.6 is 15.9 Å². The Morgan fingerprint density at radius 3 is 2.50 bits per heavy atom. The first kappa shape index (κ1) is 16.0. The SMILES string of the molecule is CC(C)(C)c1ccc([C@@H]2Nc3c(Br)cccc3[C@H]3C=CC[C@@H]32)cc1. The summed E-state index contributed by atoms with van der Waals surface area (Å²) in [6.45, 7) is 6.81. The Balaban J connectivity index is 1.73. The maximum absolute atomic E-state index is 3.82. The van der Waals surface area contributed by atoms with Crippen molar-refractivity contribution in [2.24, 2.45) is 5.92 Å². The average molecular weight is 382 g/mol. The van der Waals surface area contributed by atoms with Crippen molar-refractivity contribution >= 4 is 21.6 Å². The number of fused-ring (bicyclic) bond motifs is 3. The minimum Gasteiger partial charge on any atom is -0.377 e. The Labute approximate surface area is 153 Å². The van der Waals surface area contributed by atoms with E-state index in [1.807, 2.05) is 0 Å². The van der Waals surface area contributed by atoms with Gasteiger partial charge in [0.2, 0.25) is 0 Å². The molecule has 1 aliphatic heterocycles. The van der Waals surface area contributed by atoms with Gasteiger partial charge in [-0.15, -0.1) is 0 Å². The number of benzene rings is 2. The summed E-state index contributed by atoms with van der Waals surface area (Å²) in [5.74, 6) is 1.12. The minimum atomic E-state index is 0.200. The fourth-order valence-electron chi connectivity index (χ4n) is 4.10. The highest BCUT2D eigenvalue weighted by atomic mass is 79.9. The first-order valence-electron chi connectivity index (χ1n) is 8.77. The summed E-state index contributed by atoms with van der Waals surface area (Å²) < 4.78 is 1.16. The van der Waals surface area contributed by atoms with Crippen molar-refractivity contribution in [3.8, 4) is 0 Å². The van der Waals surface area contributed by atoms with Crippen LogP contribution in [0.3, 0.4) is 0 Å². The smallest absolute Gasteiger partial charge is 0.0554 e. The molecule has 0 saturated carbocycles. The number of rotatable bonds is 1. The van der Waals surface area contributed by atoms with Crippen LogP contribution in [0.2, 0.25) is 0 Å². The molecule has 1 N–H and O–H groups in total. The third-order valence-corrected chi connectivity index (χ3v) is 6.14. The van der Waals surface area contributed by atoms with Gasteiger partial charge in [0.05, 0.1) is 11.7 Å². The van der Waals surface area contributed by atoms with Crippen molar-refractivity contribution in [3.05, 3.63) is 75.8 Å². The first-order chi connectivity index (χ1) is 11.4. The summed E-state index contributed by atoms with van der Waals surface area (Å²) in [6.07, 6.45) is 5.89. The van der Waals surface area contributed by atoms with Crippen LogP contribution in [0, 0.1) is 5.92 Å². The molecule has 0 radical (unpaired) electrons. The van der Waals surface area contributed by atoms with Gasteiger partial charge < -0.3 is 5.32 Å². The van der Waals surface area contributed by atoms with Crippen LogP contribution in [-0.2, 0) is 5.41 Å². The summed E-state index contributed by atoms with van der Waals surface area (Å²) in [5.41, 5.74) is 5.67. The molecule has 0 unspecified atom stereocenters. The maximum Gasteiger partial charge on any atom is 0.0554 e. The van der Waals surface area contributed by atoms with Gasteiger partial charge in [-0.25, -0.2) is 0 Å². The summed E-state index contributed by atoms with van der Waals surface area (Å²) >= 11 is 3.73. The number of allylic oxidation sites excluding steroid dienone is 2. The molecule has 4 rings (SSSR count). The Bertz CT molecular complexity index is 783. The lowest BCUT2D eigenvalue weighted by molar-refractivity contribution is 0.425. The van der Waals surface area contributed by atoms with Gasteiger partial charge in [0.25, 0.3) is 0 Å². The number of hydrogen-bond donors (Lipinski definition) is 1. The van der Waals surface area contributed by atoms with E-state index in [1.54, 1.807) is 0 Å². The van der Waals surface area contributed by atoms with Crippen LogP contribution in [0.4, 0.5) is 5.69 Å². The largest absolute Gasteiger partial charge is 0.377 e. The summed E-state index contributed by atoms with van der Waals surface area (Å²) in [7, 11) is 0. The van der Waals surface area contributed by atoms with Crippen LogP contribution in [0.1, 0.15) is 55.8 Å². The maximum atomic E-state index is 3.82. The second kappa shape index (κ2) is 5.77. The fourth-order valence-corrected chi connectivity index (χ4v) is 4.60. The standard InChI is InChI=1S/C22H24BrN/c1-22(2,3)15-12-10-14(11-13-15)20-17-7-4-6-16(17)18-8-5-9-19(23)21(18)24-20/h4-6,8-13,16-17,20,24H,7H2,1-3H3/t16-,17-,20-/m0/s1. The highest BCUT2D eigenvalue weighted by Gasteiger charge is 2.38. The monoisotopic (exact) mass is 381 g/mol. The topological polar surface area (TPSA) is 12.0 Å². The minimum absolute atomic E-state index is 0.200. The predicted molar refractivity (Wildman–Crippen MR) is 106 cm³/mol. The lowest BCUT2D eigenvalue weighted by Gasteiger charge is -2.38. The highest BCUT2D eigenvalue weighted by molar-refractivity contribution is 9.10. The van der Waals surface area contributed by atoms with Crippen molar-refractivity contribution in [1.82, 2.24) is 0 Å². The number of nitrogens with one attached hydrogen (secondary N) is 1. The van der Waals surface area contributed by atoms with Crippen LogP contribution in [-0.4, -0.2) is 0 Å². The normalized spacial score (nSPS) is 25.1. The Hall–Kier alpha value is -1.54. The molecule has 24 heavy (non-hydrogen) atoms. The number of halogens is 1. The molecular formula is C22H24BrN. The zero-order valence-electron chi connectivity index (χ0n) is 14.5. The lowest BCUT2D eigenvalue weighted by Crippen LogP contribution is -2.29. The van der Waals surface area contributed by atoms with E-state index in [0.29, 0.717) is 17.9 Å². The molecule has 0 fully saturated rings. The van der Waals surface area contributed by atoms with Gasteiger partial charge in [0, 0.05) is 10.4 Å². The van der Waals surface area contributed by atoms with Gasteiger partial charge in [-0.3, -0.25) is 0 Å². The van der Waals surface area contributed by atoms with Crippen molar-refractivity contribution in [3.63, 3.8) is 0 Å². The molecule has 0 spiro atoms. The molecular weight excluding hydrogens is 358 g/mol. The zero-order chi connectivity index (χ0) is 16.9. The average Bonchev–Trinajstić information content (AvgIpc) is 3.04. The highest BCUT2D eigenvalue weighted by Crippen LogP contribution is 2.51. The second-order valence-electron chi connectivity index (χ2n) is 8.05. The third-order valence-electron chi connectivity index (χ3n) is 5.48. The van der Waals surface area contributed by atoms with E-state index in [9.17, 15) is 0 Å². The van der Waals surface area contributed by atoms with Gasteiger partial charge in [-0.05, 0) is 56.4 Å². The molecule has 1 aliphatic carbocycles. The van der Waals surface area contributed by atoms with E-state index in [4.69, 9.17) is 0 Å². The van der Waals surface area contributed by atoms with E-state index in [0.717, 1.165) is 10.9 Å². The molecule has 3 atom stereocenters. The molecule has 0 saturated heterocycles. The van der Waals surface area contributed by atoms with Crippen LogP contribution in [0.5, 0.6) is 0 Å². The van der Waals surface area contributed by atoms with Gasteiger partial charge in [0.15, 0.2) is 0 Å². The Morgan fingerprint density at radius 2 is 1.79 bits per heavy atom. The van der Waals surface area contributed by atoms with Crippen LogP contribution < -0.4 is 5.32 Å². The van der Waals surface area contributed by atoms with Crippen LogP contribution in [0.15, 0.2) is 59.1 Å². The van der Waals surface area contributed by atoms with Gasteiger partial charge in [-0.1, -0.05) is 69.3 Å². The predicted octanol–water partition coefficient (Wildman–Crippen LogP) is 6.57. The molecule has 1 nitrogen and oxygen atoms in total. The molecule has 0 amide bonds. The Morgan fingerprint density at radius 1 is 1.04 bits per heavy atom. The molecule has 124 valence electrons. The van der Waals surface area contributed by atoms with Gasteiger partial charge in [-0.2, -0.15) is 0 Å². The van der Waals surface area contributed by atoms with E-state index >= 15 is 0 Å². The van der Waals surface area contributed by atoms with Crippen molar-refractivity contribution in [2.45, 2.75) is 44.6 Å². The van der Waals surface area contributed by atoms with E-state index in [-0.39, 0.29) is 5.41 Å². The zero-order valence-corrected chi connectivity index (χ0v) is 16.1. The van der Waals surface area contributed by atoms with Crippen molar-refractivity contribution in [1.29, 1.82) is 0 Å². The van der Waals surface area contributed by atoms with E-state index in [1.165, 1.54) is 22.4 Å². The van der Waals surface area contributed by atoms with E-state index in [2.05, 4.69) is 96.6 Å². The molecule has 0 aromatic heterocycles. The molecule has 1 heterocycles. The third kappa shape index (κ3) is 2.61. The quantitative estimate of drug-likeness (QED) is 0.550. The summed E-state index contributed by atoms with van der Waals surface area (Å²) in [5, 5.41) is 3.82. The molecule has 0 bridgehead atoms. The van der Waals surface area contributed by atoms with Crippen molar-refractivity contribution in [2.75, 3.05) is 5.32 Å². The molecule has 2 aliphatic rings. The van der Waals surface area contributed by atoms with Crippen molar-refractivity contribution < 1.29 is 0 Å². The first-order valence-corrected chi connectivity index (χ1v) is 9.56. The second-order valence-corrected chi connectivity index (χ2v) is 8.91. The molecule has 2 aromatic rings. The Kier molecular flexibility index (Phi) is 3.84. The van der Waals surface area contributed by atoms with Crippen LogP contribution in [0.25, 0.3) is 0 Å². The fraction of sp³-hybridized carbons (Fsp3) is 0.364. The van der Waals surface area contributed by atoms with Gasteiger partial charge in [0.1, 0.15) is 0 Å². The van der Waals surface area contributed by atoms with E-state index < -0.39 is 0 Å². The molecule has 2 aromatic carbocycles. The molecule has 2 heteroatoms. The summed E-state index contributed by atoms with van der Waals surface area (Å²) in [6, 6.07) is 16.1. The number of para-hydroxylation sites is 1. The number of anilines is 1.